The van der Waals surface area contributed by atoms with Crippen molar-refractivity contribution in [2.75, 3.05) is 30.3 Å². The maximum atomic E-state index is 11.4. The Morgan fingerprint density at radius 1 is 1.00 bits per heavy atom. The molecule has 1 aromatic rings. The van der Waals surface area contributed by atoms with Crippen molar-refractivity contribution in [2.24, 2.45) is 0 Å². The molecule has 0 saturated heterocycles. The first-order valence-electron chi connectivity index (χ1n) is 6.81. The molecule has 0 aliphatic carbocycles. The maximum absolute atomic E-state index is 11.4. The Bertz CT molecular complexity index is 428. The minimum absolute atomic E-state index is 0.00355. The highest BCUT2D eigenvalue weighted by molar-refractivity contribution is 6.28. The summed E-state index contributed by atoms with van der Waals surface area (Å²) in [6.07, 6.45) is 2.25. The van der Waals surface area contributed by atoms with Crippen molar-refractivity contribution in [1.29, 1.82) is 0 Å². The van der Waals surface area contributed by atoms with Crippen LogP contribution < -0.4 is 16.0 Å². The lowest BCUT2D eigenvalue weighted by atomic mass is 10.4. The molecule has 0 radical (unpaired) electrons. The molecule has 1 amide bonds. The quantitative estimate of drug-likeness (QED) is 0.642. The molecule has 0 bridgehead atoms. The summed E-state index contributed by atoms with van der Waals surface area (Å²) in [5.74, 6) is 0.806. The molecule has 1 heterocycles. The van der Waals surface area contributed by atoms with Gasteiger partial charge in [0.1, 0.15) is 0 Å². The summed E-state index contributed by atoms with van der Waals surface area (Å²) >= 11 is 5.82. The van der Waals surface area contributed by atoms with Crippen LogP contribution >= 0.6 is 11.6 Å². The molecule has 8 heteroatoms. The molecular formula is C12H21ClN6O. The van der Waals surface area contributed by atoms with E-state index in [2.05, 4.69) is 30.9 Å². The van der Waals surface area contributed by atoms with Crippen LogP contribution in [0.2, 0.25) is 5.28 Å². The van der Waals surface area contributed by atoms with Gasteiger partial charge in [-0.2, -0.15) is 15.0 Å². The van der Waals surface area contributed by atoms with Crippen LogP contribution in [0.1, 0.15) is 33.1 Å². The Morgan fingerprint density at radius 2 is 1.60 bits per heavy atom. The number of amides is 1. The van der Waals surface area contributed by atoms with Crippen molar-refractivity contribution in [2.45, 2.75) is 33.1 Å². The van der Waals surface area contributed by atoms with Crippen LogP contribution in [-0.4, -0.2) is 40.5 Å². The Kier molecular flexibility index (Phi) is 7.64. The Morgan fingerprint density at radius 3 is 2.20 bits per heavy atom. The molecule has 0 atom stereocenters. The number of nitrogens with one attached hydrogen (secondary N) is 3. The van der Waals surface area contributed by atoms with Gasteiger partial charge in [0.25, 0.3) is 0 Å². The van der Waals surface area contributed by atoms with E-state index < -0.39 is 0 Å². The van der Waals surface area contributed by atoms with E-state index in [0.29, 0.717) is 31.4 Å². The Labute approximate surface area is 123 Å². The third kappa shape index (κ3) is 6.51. The average molecular weight is 301 g/mol. The molecule has 0 spiro atoms. The van der Waals surface area contributed by atoms with Crippen molar-refractivity contribution < 1.29 is 4.79 Å². The second-order valence-corrected chi connectivity index (χ2v) is 4.54. The van der Waals surface area contributed by atoms with Crippen LogP contribution in [0.4, 0.5) is 11.9 Å². The zero-order valence-electron chi connectivity index (χ0n) is 11.9. The lowest BCUT2D eigenvalue weighted by Crippen LogP contribution is -2.26. The molecule has 3 N–H and O–H groups in total. The number of hydrogen-bond donors (Lipinski definition) is 3. The van der Waals surface area contributed by atoms with E-state index in [4.69, 9.17) is 11.6 Å². The highest BCUT2D eigenvalue weighted by atomic mass is 35.5. The largest absolute Gasteiger partial charge is 0.356 e. The summed E-state index contributed by atoms with van der Waals surface area (Å²) in [7, 11) is 0. The molecule has 7 nitrogen and oxygen atoms in total. The lowest BCUT2D eigenvalue weighted by molar-refractivity contribution is -0.120. The summed E-state index contributed by atoms with van der Waals surface area (Å²) in [4.78, 5) is 23.5. The number of nitrogens with zero attached hydrogens (tertiary/aromatic N) is 3. The SMILES string of the molecule is CCCNC(=O)CCNc1nc(Cl)nc(NCCC)n1. The number of rotatable bonds is 9. The number of aromatic nitrogens is 3. The van der Waals surface area contributed by atoms with Gasteiger partial charge in [0.2, 0.25) is 23.1 Å². The standard InChI is InChI=1S/C12H21ClN6O/c1-3-6-14-9(20)5-8-16-12-18-10(13)17-11(19-12)15-7-4-2/h3-8H2,1-2H3,(H,14,20)(H2,15,16,17,18,19). The molecular weight excluding hydrogens is 280 g/mol. The maximum Gasteiger partial charge on any atom is 0.228 e. The third-order valence-corrected chi connectivity index (χ3v) is 2.52. The number of anilines is 2. The molecule has 0 aliphatic rings. The number of halogens is 1. The first kappa shape index (κ1) is 16.4. The topological polar surface area (TPSA) is 91.8 Å². The third-order valence-electron chi connectivity index (χ3n) is 2.35. The van der Waals surface area contributed by atoms with Crippen molar-refractivity contribution in [3.8, 4) is 0 Å². The number of carbonyl (C=O) groups excluding carboxylic acids is 1. The van der Waals surface area contributed by atoms with E-state index in [9.17, 15) is 4.79 Å². The number of carbonyl (C=O) groups is 1. The summed E-state index contributed by atoms with van der Waals surface area (Å²) in [5.41, 5.74) is 0. The van der Waals surface area contributed by atoms with Gasteiger partial charge in [0.15, 0.2) is 0 Å². The molecule has 0 fully saturated rings. The van der Waals surface area contributed by atoms with Gasteiger partial charge in [-0.1, -0.05) is 13.8 Å². The van der Waals surface area contributed by atoms with E-state index in [0.717, 1.165) is 19.4 Å². The minimum atomic E-state index is 0.00355. The molecule has 0 aromatic carbocycles. The van der Waals surface area contributed by atoms with Gasteiger partial charge >= 0.3 is 0 Å². The van der Waals surface area contributed by atoms with E-state index >= 15 is 0 Å². The molecule has 0 saturated carbocycles. The van der Waals surface area contributed by atoms with Crippen LogP contribution in [0.3, 0.4) is 0 Å². The monoisotopic (exact) mass is 300 g/mol. The molecule has 1 aromatic heterocycles. The van der Waals surface area contributed by atoms with Crippen LogP contribution in [0.5, 0.6) is 0 Å². The fourth-order valence-corrected chi connectivity index (χ4v) is 1.55. The first-order valence-corrected chi connectivity index (χ1v) is 7.19. The second-order valence-electron chi connectivity index (χ2n) is 4.21. The van der Waals surface area contributed by atoms with Gasteiger partial charge in [-0.25, -0.2) is 0 Å². The average Bonchev–Trinajstić information content (AvgIpc) is 2.42. The summed E-state index contributed by atoms with van der Waals surface area (Å²) in [5, 5.41) is 8.92. The smallest absolute Gasteiger partial charge is 0.228 e. The minimum Gasteiger partial charge on any atom is -0.356 e. The number of hydrogen-bond acceptors (Lipinski definition) is 6. The first-order chi connectivity index (χ1) is 9.65. The fourth-order valence-electron chi connectivity index (χ4n) is 1.39. The van der Waals surface area contributed by atoms with Crippen LogP contribution in [0.15, 0.2) is 0 Å². The molecule has 1 rings (SSSR count). The van der Waals surface area contributed by atoms with Gasteiger partial charge in [-0.05, 0) is 24.4 Å². The van der Waals surface area contributed by atoms with Crippen molar-refractivity contribution in [1.82, 2.24) is 20.3 Å². The molecule has 112 valence electrons. The van der Waals surface area contributed by atoms with Crippen LogP contribution in [0.25, 0.3) is 0 Å². The summed E-state index contributed by atoms with van der Waals surface area (Å²) in [6, 6.07) is 0. The van der Waals surface area contributed by atoms with Gasteiger partial charge in [-0.15, -0.1) is 0 Å². The van der Waals surface area contributed by atoms with Gasteiger partial charge in [-0.3, -0.25) is 4.79 Å². The van der Waals surface area contributed by atoms with Crippen LogP contribution in [-0.2, 0) is 4.79 Å². The predicted octanol–water partition coefficient (Wildman–Crippen LogP) is 1.68. The van der Waals surface area contributed by atoms with E-state index in [1.54, 1.807) is 0 Å². The highest BCUT2D eigenvalue weighted by Gasteiger charge is 2.05. The molecule has 20 heavy (non-hydrogen) atoms. The Hall–Kier alpha value is -1.63. The lowest BCUT2D eigenvalue weighted by Gasteiger charge is -2.08. The normalized spacial score (nSPS) is 10.2. The van der Waals surface area contributed by atoms with E-state index in [1.165, 1.54) is 0 Å². The van der Waals surface area contributed by atoms with Crippen molar-refractivity contribution >= 4 is 29.4 Å². The van der Waals surface area contributed by atoms with Gasteiger partial charge in [0, 0.05) is 26.1 Å². The highest BCUT2D eigenvalue weighted by Crippen LogP contribution is 2.09. The zero-order chi connectivity index (χ0) is 14.8. The predicted molar refractivity (Wildman–Crippen MR) is 80.0 cm³/mol. The van der Waals surface area contributed by atoms with Gasteiger partial charge in [0.05, 0.1) is 0 Å². The zero-order valence-corrected chi connectivity index (χ0v) is 12.6. The fraction of sp³-hybridized carbons (Fsp3) is 0.667. The van der Waals surface area contributed by atoms with Crippen molar-refractivity contribution in [3.05, 3.63) is 5.28 Å². The summed E-state index contributed by atoms with van der Waals surface area (Å²) < 4.78 is 0. The van der Waals surface area contributed by atoms with Crippen LogP contribution in [0, 0.1) is 0 Å². The molecule has 0 aliphatic heterocycles. The van der Waals surface area contributed by atoms with E-state index in [-0.39, 0.29) is 11.2 Å². The summed E-state index contributed by atoms with van der Waals surface area (Å²) in [6.45, 7) is 5.96. The van der Waals surface area contributed by atoms with E-state index in [1.807, 2.05) is 13.8 Å². The van der Waals surface area contributed by atoms with Crippen molar-refractivity contribution in [3.63, 3.8) is 0 Å². The molecule has 0 unspecified atom stereocenters. The second kappa shape index (κ2) is 9.30. The Balaban J connectivity index is 2.42. The van der Waals surface area contributed by atoms with Gasteiger partial charge < -0.3 is 16.0 Å².